The van der Waals surface area contributed by atoms with Crippen molar-refractivity contribution in [3.8, 4) is 0 Å². The third kappa shape index (κ3) is 1.79. The molecule has 3 rings (SSSR count). The van der Waals surface area contributed by atoms with E-state index in [0.717, 1.165) is 36.2 Å². The second kappa shape index (κ2) is 4.29. The van der Waals surface area contributed by atoms with Gasteiger partial charge in [0.15, 0.2) is 0 Å². The smallest absolute Gasteiger partial charge is 0.372 e. The molecule has 1 heterocycles. The molecule has 0 amide bonds. The van der Waals surface area contributed by atoms with Crippen LogP contribution in [-0.4, -0.2) is 20.6 Å². The number of hydrogen-bond donors (Lipinski definition) is 1. The van der Waals surface area contributed by atoms with Gasteiger partial charge in [-0.15, -0.1) is 0 Å². The molecule has 92 valence electrons. The summed E-state index contributed by atoms with van der Waals surface area (Å²) in [5.41, 5.74) is 3.16. The Labute approximate surface area is 105 Å². The largest absolute Gasteiger partial charge is 0.475 e. The summed E-state index contributed by atoms with van der Waals surface area (Å²) < 4.78 is 1.85. The van der Waals surface area contributed by atoms with Crippen LogP contribution >= 0.6 is 0 Å². The molecule has 4 heteroatoms. The van der Waals surface area contributed by atoms with Crippen molar-refractivity contribution in [1.29, 1.82) is 0 Å². The number of hydrogen-bond acceptors (Lipinski definition) is 2. The van der Waals surface area contributed by atoms with Gasteiger partial charge in [-0.05, 0) is 24.8 Å². The van der Waals surface area contributed by atoms with Crippen molar-refractivity contribution in [1.82, 2.24) is 9.55 Å². The summed E-state index contributed by atoms with van der Waals surface area (Å²) in [6.07, 6.45) is 2.91. The van der Waals surface area contributed by atoms with Gasteiger partial charge in [-0.1, -0.05) is 30.3 Å². The number of imidazole rings is 1. The topological polar surface area (TPSA) is 55.1 Å². The first-order chi connectivity index (χ1) is 8.75. The predicted octanol–water partition coefficient (Wildman–Crippen LogP) is 2.12. The fourth-order valence-corrected chi connectivity index (χ4v) is 2.54. The molecule has 1 aliphatic rings. The second-order valence-corrected chi connectivity index (χ2v) is 4.56. The molecule has 2 aromatic rings. The van der Waals surface area contributed by atoms with Crippen molar-refractivity contribution >= 4 is 5.97 Å². The first-order valence-corrected chi connectivity index (χ1v) is 6.11. The highest BCUT2D eigenvalue weighted by Gasteiger charge is 2.24. The minimum atomic E-state index is -0.944. The number of nitrogens with zero attached hydrogens (tertiary/aromatic N) is 2. The van der Waals surface area contributed by atoms with E-state index in [1.807, 2.05) is 34.9 Å². The van der Waals surface area contributed by atoms with Crippen molar-refractivity contribution in [2.45, 2.75) is 25.8 Å². The molecule has 0 fully saturated rings. The molecular formula is C14H14N2O2. The summed E-state index contributed by atoms with van der Waals surface area (Å²) >= 11 is 0. The lowest BCUT2D eigenvalue weighted by molar-refractivity contribution is 0.0678. The van der Waals surface area contributed by atoms with E-state index in [1.165, 1.54) is 0 Å². The molecule has 1 N–H and O–H groups in total. The van der Waals surface area contributed by atoms with Gasteiger partial charge in [0.1, 0.15) is 0 Å². The van der Waals surface area contributed by atoms with E-state index in [1.54, 1.807) is 0 Å². The highest BCUT2D eigenvalue weighted by Crippen LogP contribution is 2.24. The van der Waals surface area contributed by atoms with Crippen molar-refractivity contribution in [2.75, 3.05) is 0 Å². The van der Waals surface area contributed by atoms with Gasteiger partial charge in [-0.25, -0.2) is 9.78 Å². The molecule has 0 bridgehead atoms. The summed E-state index contributed by atoms with van der Waals surface area (Å²) in [6.45, 7) is 0.588. The lowest BCUT2D eigenvalue weighted by Crippen LogP contribution is -2.13. The summed E-state index contributed by atoms with van der Waals surface area (Å²) in [5.74, 6) is -0.774. The number of aryl methyl sites for hydroxylation is 1. The van der Waals surface area contributed by atoms with Crippen LogP contribution in [0.2, 0.25) is 0 Å². The average Bonchev–Trinajstić information content (AvgIpc) is 2.93. The van der Waals surface area contributed by atoms with Crippen molar-refractivity contribution in [3.63, 3.8) is 0 Å². The number of carboxylic acid groups (broad SMARTS) is 1. The van der Waals surface area contributed by atoms with Gasteiger partial charge >= 0.3 is 5.97 Å². The zero-order valence-corrected chi connectivity index (χ0v) is 9.97. The van der Waals surface area contributed by atoms with Gasteiger partial charge in [-0.2, -0.15) is 0 Å². The summed E-state index contributed by atoms with van der Waals surface area (Å²) in [4.78, 5) is 15.5. The molecule has 0 radical (unpaired) electrons. The molecule has 4 nitrogen and oxygen atoms in total. The third-order valence-electron chi connectivity index (χ3n) is 3.36. The number of fused-ring (bicyclic) bond motifs is 1. The van der Waals surface area contributed by atoms with Gasteiger partial charge in [0, 0.05) is 12.2 Å². The molecule has 0 atom stereocenters. The Morgan fingerprint density at radius 1 is 1.28 bits per heavy atom. The number of aromatic carboxylic acids is 1. The molecular weight excluding hydrogens is 228 g/mol. The normalized spacial score (nSPS) is 13.6. The van der Waals surface area contributed by atoms with E-state index in [9.17, 15) is 9.90 Å². The van der Waals surface area contributed by atoms with E-state index in [-0.39, 0.29) is 5.82 Å². The van der Waals surface area contributed by atoms with Crippen LogP contribution in [0.5, 0.6) is 0 Å². The number of aromatic nitrogens is 2. The molecule has 1 aromatic carbocycles. The Bertz CT molecular complexity index is 587. The van der Waals surface area contributed by atoms with E-state index >= 15 is 0 Å². The average molecular weight is 242 g/mol. The molecule has 0 unspecified atom stereocenters. The molecule has 0 aliphatic heterocycles. The minimum absolute atomic E-state index is 0.170. The number of rotatable bonds is 3. The molecule has 1 aromatic heterocycles. The SMILES string of the molecule is O=C(O)c1nc2c(n1Cc1ccccc1)CCC2. The highest BCUT2D eigenvalue weighted by molar-refractivity contribution is 5.84. The quantitative estimate of drug-likeness (QED) is 0.896. The molecule has 0 spiro atoms. The Hall–Kier alpha value is -2.10. The monoisotopic (exact) mass is 242 g/mol. The highest BCUT2D eigenvalue weighted by atomic mass is 16.4. The fourth-order valence-electron chi connectivity index (χ4n) is 2.54. The maximum Gasteiger partial charge on any atom is 0.372 e. The maximum absolute atomic E-state index is 11.2. The summed E-state index contributed by atoms with van der Waals surface area (Å²) in [5, 5.41) is 9.22. The summed E-state index contributed by atoms with van der Waals surface area (Å²) in [7, 11) is 0. The third-order valence-corrected chi connectivity index (χ3v) is 3.36. The van der Waals surface area contributed by atoms with Gasteiger partial charge in [0.05, 0.1) is 5.69 Å². The standard InChI is InChI=1S/C14H14N2O2/c17-14(18)13-15-11-7-4-8-12(11)16(13)9-10-5-2-1-3-6-10/h1-3,5-6H,4,7-9H2,(H,17,18). The van der Waals surface area contributed by atoms with Crippen molar-refractivity contribution in [3.05, 3.63) is 53.1 Å². The van der Waals surface area contributed by atoms with E-state index < -0.39 is 5.97 Å². The lowest BCUT2D eigenvalue weighted by atomic mass is 10.2. The van der Waals surface area contributed by atoms with E-state index in [2.05, 4.69) is 4.98 Å². The first-order valence-electron chi connectivity index (χ1n) is 6.11. The zero-order chi connectivity index (χ0) is 12.5. The second-order valence-electron chi connectivity index (χ2n) is 4.56. The summed E-state index contributed by atoms with van der Waals surface area (Å²) in [6, 6.07) is 9.90. The Morgan fingerprint density at radius 3 is 2.78 bits per heavy atom. The Morgan fingerprint density at radius 2 is 2.06 bits per heavy atom. The number of carboxylic acids is 1. The van der Waals surface area contributed by atoms with Gasteiger partial charge in [0.25, 0.3) is 0 Å². The van der Waals surface area contributed by atoms with Crippen LogP contribution in [0.4, 0.5) is 0 Å². The van der Waals surface area contributed by atoms with E-state index in [0.29, 0.717) is 6.54 Å². The predicted molar refractivity (Wildman–Crippen MR) is 66.8 cm³/mol. The molecule has 18 heavy (non-hydrogen) atoms. The molecule has 1 aliphatic carbocycles. The van der Waals surface area contributed by atoms with Gasteiger partial charge in [0.2, 0.25) is 5.82 Å². The Balaban J connectivity index is 2.02. The maximum atomic E-state index is 11.2. The molecule has 0 saturated carbocycles. The van der Waals surface area contributed by atoms with Crippen LogP contribution in [-0.2, 0) is 19.4 Å². The lowest BCUT2D eigenvalue weighted by Gasteiger charge is -2.08. The van der Waals surface area contributed by atoms with Gasteiger partial charge < -0.3 is 9.67 Å². The van der Waals surface area contributed by atoms with Crippen molar-refractivity contribution in [2.24, 2.45) is 0 Å². The Kier molecular flexibility index (Phi) is 2.63. The van der Waals surface area contributed by atoms with E-state index in [4.69, 9.17) is 0 Å². The number of carbonyl (C=O) groups is 1. The van der Waals surface area contributed by atoms with Gasteiger partial charge in [-0.3, -0.25) is 0 Å². The first kappa shape index (κ1) is 11.0. The van der Waals surface area contributed by atoms with Crippen LogP contribution < -0.4 is 0 Å². The van der Waals surface area contributed by atoms with Crippen LogP contribution in [0, 0.1) is 0 Å². The minimum Gasteiger partial charge on any atom is -0.475 e. The van der Waals surface area contributed by atoms with Crippen LogP contribution in [0.15, 0.2) is 30.3 Å². The fraction of sp³-hybridized carbons (Fsp3) is 0.286. The zero-order valence-electron chi connectivity index (χ0n) is 9.97. The van der Waals surface area contributed by atoms with Crippen molar-refractivity contribution < 1.29 is 9.90 Å². The van der Waals surface area contributed by atoms with Crippen LogP contribution in [0.25, 0.3) is 0 Å². The molecule has 0 saturated heterocycles. The van der Waals surface area contributed by atoms with Crippen LogP contribution in [0.3, 0.4) is 0 Å². The number of benzene rings is 1. The van der Waals surface area contributed by atoms with Crippen LogP contribution in [0.1, 0.15) is 34.0 Å².